The molecule has 1 unspecified atom stereocenters. The number of nitrogens with one attached hydrogen (secondary N) is 3. The van der Waals surface area contributed by atoms with E-state index >= 15 is 0 Å². The van der Waals surface area contributed by atoms with E-state index < -0.39 is 22.0 Å². The van der Waals surface area contributed by atoms with E-state index in [-0.39, 0.29) is 24.7 Å². The first kappa shape index (κ1) is 18.6. The first-order valence-corrected chi connectivity index (χ1v) is 9.96. The summed E-state index contributed by atoms with van der Waals surface area (Å²) in [7, 11) is -3.40. The second kappa shape index (κ2) is 7.45. The molecule has 9 nitrogen and oxygen atoms in total. The van der Waals surface area contributed by atoms with Crippen LogP contribution in [0.2, 0.25) is 0 Å². The fraction of sp³-hybridized carbons (Fsp3) is 0.538. The van der Waals surface area contributed by atoms with E-state index in [1.165, 1.54) is 0 Å². The number of sulfonamides is 1. The molecule has 0 aromatic rings. The molecule has 0 spiro atoms. The van der Waals surface area contributed by atoms with Gasteiger partial charge in [0, 0.05) is 24.7 Å². The van der Waals surface area contributed by atoms with Gasteiger partial charge in [-0.3, -0.25) is 10.4 Å². The summed E-state index contributed by atoms with van der Waals surface area (Å²) in [6.07, 6.45) is 1.40. The molecule has 0 amide bonds. The van der Waals surface area contributed by atoms with Crippen molar-refractivity contribution >= 4 is 44.2 Å². The van der Waals surface area contributed by atoms with Crippen molar-refractivity contribution in [3.05, 3.63) is 11.3 Å². The van der Waals surface area contributed by atoms with E-state index in [0.717, 1.165) is 23.6 Å². The number of aliphatic imine (C=N–C) groups is 1. The van der Waals surface area contributed by atoms with Gasteiger partial charge < -0.3 is 15.0 Å². The monoisotopic (exact) mass is 373 g/mol. The quantitative estimate of drug-likeness (QED) is 0.345. The van der Waals surface area contributed by atoms with Crippen molar-refractivity contribution in [2.45, 2.75) is 19.4 Å². The molecule has 2 heterocycles. The van der Waals surface area contributed by atoms with Crippen LogP contribution in [0, 0.1) is 10.8 Å². The van der Waals surface area contributed by atoms with Crippen molar-refractivity contribution in [2.24, 2.45) is 4.99 Å². The summed E-state index contributed by atoms with van der Waals surface area (Å²) in [5.74, 6) is -0.143. The number of fused-ring (bicyclic) bond motifs is 1. The third-order valence-corrected chi connectivity index (χ3v) is 4.74. The number of hydrogen-bond donors (Lipinski definition) is 3. The number of rotatable bonds is 6. The number of esters is 1. The lowest BCUT2D eigenvalue weighted by molar-refractivity contribution is -0.138. The van der Waals surface area contributed by atoms with E-state index in [9.17, 15) is 13.2 Å². The molecular weight excluding hydrogens is 354 g/mol. The van der Waals surface area contributed by atoms with Gasteiger partial charge in [-0.15, -0.1) is 0 Å². The number of carbonyl (C=O) groups is 1. The van der Waals surface area contributed by atoms with Crippen LogP contribution in [0.1, 0.15) is 13.3 Å². The van der Waals surface area contributed by atoms with Gasteiger partial charge in [0.25, 0.3) is 0 Å². The number of hydrogen-bond acceptors (Lipinski definition) is 9. The lowest BCUT2D eigenvalue weighted by Crippen LogP contribution is -2.40. The minimum atomic E-state index is -3.40. The minimum absolute atomic E-state index is 0.0745. The molecule has 0 bridgehead atoms. The molecule has 24 heavy (non-hydrogen) atoms. The SMILES string of the molecule is CCOC(=O)C1=C2CC(NS(C)(=O)=O)CN2C(C(=N)SC=N)=NC1. The lowest BCUT2D eigenvalue weighted by Gasteiger charge is -2.27. The Morgan fingerprint density at radius 1 is 1.58 bits per heavy atom. The molecule has 2 aliphatic rings. The number of nitrogens with zero attached hydrogens (tertiary/aromatic N) is 2. The molecule has 2 aliphatic heterocycles. The van der Waals surface area contributed by atoms with Crippen molar-refractivity contribution in [1.82, 2.24) is 9.62 Å². The fourth-order valence-corrected chi connectivity index (χ4v) is 3.82. The summed E-state index contributed by atoms with van der Waals surface area (Å²) in [4.78, 5) is 18.1. The third kappa shape index (κ3) is 4.22. The van der Waals surface area contributed by atoms with Crippen molar-refractivity contribution in [1.29, 1.82) is 10.8 Å². The second-order valence-electron chi connectivity index (χ2n) is 5.25. The Kier molecular flexibility index (Phi) is 5.78. The molecule has 0 saturated carbocycles. The van der Waals surface area contributed by atoms with E-state index in [1.54, 1.807) is 11.8 Å². The standard InChI is InChI=1S/C13H19N5O4S2/c1-3-22-13(19)9-5-16-12(11(15)23-7-14)18-6-8(4-10(9)18)17-24(2,20)21/h7-8,14-15,17H,3-6H2,1-2H3. The molecule has 1 saturated heterocycles. The number of amidine groups is 1. The molecule has 0 radical (unpaired) electrons. The van der Waals surface area contributed by atoms with E-state index in [4.69, 9.17) is 15.6 Å². The van der Waals surface area contributed by atoms with Crippen LogP contribution in [-0.4, -0.2) is 67.7 Å². The minimum Gasteiger partial charge on any atom is -0.463 e. The number of carbonyl (C=O) groups excluding carboxylic acids is 1. The number of thioether (sulfide) groups is 1. The molecule has 1 atom stereocenters. The Bertz CT molecular complexity index is 729. The van der Waals surface area contributed by atoms with Gasteiger partial charge in [0.15, 0.2) is 5.84 Å². The molecule has 132 valence electrons. The maximum Gasteiger partial charge on any atom is 0.337 e. The van der Waals surface area contributed by atoms with Crippen LogP contribution in [0.25, 0.3) is 0 Å². The Morgan fingerprint density at radius 3 is 2.88 bits per heavy atom. The summed E-state index contributed by atoms with van der Waals surface area (Å²) < 4.78 is 30.5. The van der Waals surface area contributed by atoms with Crippen molar-refractivity contribution < 1.29 is 17.9 Å². The van der Waals surface area contributed by atoms with Crippen molar-refractivity contribution in [3.63, 3.8) is 0 Å². The average molecular weight is 373 g/mol. The fourth-order valence-electron chi connectivity index (χ4n) is 2.66. The zero-order valence-electron chi connectivity index (χ0n) is 13.3. The van der Waals surface area contributed by atoms with Gasteiger partial charge in [-0.2, -0.15) is 0 Å². The summed E-state index contributed by atoms with van der Waals surface area (Å²) >= 11 is 0.896. The van der Waals surface area contributed by atoms with Crippen LogP contribution in [0.15, 0.2) is 16.3 Å². The first-order valence-electron chi connectivity index (χ1n) is 7.19. The van der Waals surface area contributed by atoms with Crippen LogP contribution in [0.3, 0.4) is 0 Å². The van der Waals surface area contributed by atoms with Crippen LogP contribution in [0.5, 0.6) is 0 Å². The Morgan fingerprint density at radius 2 is 2.29 bits per heavy atom. The van der Waals surface area contributed by atoms with Crippen molar-refractivity contribution in [2.75, 3.05) is 26.0 Å². The molecule has 3 N–H and O–H groups in total. The van der Waals surface area contributed by atoms with Crippen LogP contribution >= 0.6 is 11.8 Å². The van der Waals surface area contributed by atoms with Gasteiger partial charge in [-0.25, -0.2) is 17.9 Å². The smallest absolute Gasteiger partial charge is 0.337 e. The molecule has 2 rings (SSSR count). The van der Waals surface area contributed by atoms with E-state index in [0.29, 0.717) is 23.5 Å². The molecule has 0 aliphatic carbocycles. The van der Waals surface area contributed by atoms with Crippen LogP contribution in [0.4, 0.5) is 0 Å². The Hall–Kier alpha value is -1.72. The maximum absolute atomic E-state index is 12.1. The Labute approximate surface area is 144 Å². The maximum atomic E-state index is 12.1. The van der Waals surface area contributed by atoms with Gasteiger partial charge in [-0.05, 0) is 6.92 Å². The average Bonchev–Trinajstić information content (AvgIpc) is 2.87. The number of ether oxygens (including phenoxy) is 1. The summed E-state index contributed by atoms with van der Waals surface area (Å²) in [5.41, 5.74) is 2.03. The summed E-state index contributed by atoms with van der Waals surface area (Å²) in [6.45, 7) is 2.28. The molecule has 1 fully saturated rings. The van der Waals surface area contributed by atoms with E-state index in [1.807, 2.05) is 0 Å². The van der Waals surface area contributed by atoms with Gasteiger partial charge in [-0.1, -0.05) is 11.8 Å². The molecular formula is C13H19N5O4S2. The summed E-state index contributed by atoms with van der Waals surface area (Å²) in [5, 5.41) is 15.2. The van der Waals surface area contributed by atoms with Crippen LogP contribution < -0.4 is 4.72 Å². The molecule has 0 aromatic heterocycles. The highest BCUT2D eigenvalue weighted by molar-refractivity contribution is 8.26. The topological polar surface area (TPSA) is 136 Å². The Balaban J connectivity index is 2.33. The zero-order chi connectivity index (χ0) is 17.9. The predicted molar refractivity (Wildman–Crippen MR) is 93.2 cm³/mol. The largest absolute Gasteiger partial charge is 0.463 e. The van der Waals surface area contributed by atoms with Crippen molar-refractivity contribution in [3.8, 4) is 0 Å². The van der Waals surface area contributed by atoms with Gasteiger partial charge in [0.1, 0.15) is 5.04 Å². The summed E-state index contributed by atoms with van der Waals surface area (Å²) in [6, 6.07) is -0.416. The van der Waals surface area contributed by atoms with E-state index in [2.05, 4.69) is 9.71 Å². The molecule has 0 aromatic carbocycles. The first-order chi connectivity index (χ1) is 11.3. The van der Waals surface area contributed by atoms with Crippen LogP contribution in [-0.2, 0) is 19.6 Å². The predicted octanol–water partition coefficient (Wildman–Crippen LogP) is 0.157. The highest BCUT2D eigenvalue weighted by Gasteiger charge is 2.38. The zero-order valence-corrected chi connectivity index (χ0v) is 15.0. The normalized spacial score (nSPS) is 20.5. The second-order valence-corrected chi connectivity index (χ2v) is 7.91. The highest BCUT2D eigenvalue weighted by Crippen LogP contribution is 2.30. The van der Waals surface area contributed by atoms with Gasteiger partial charge >= 0.3 is 5.97 Å². The lowest BCUT2D eigenvalue weighted by atomic mass is 10.1. The molecule has 11 heteroatoms. The highest BCUT2D eigenvalue weighted by atomic mass is 32.2. The van der Waals surface area contributed by atoms with Gasteiger partial charge in [0.2, 0.25) is 10.0 Å². The third-order valence-electron chi connectivity index (χ3n) is 3.44. The van der Waals surface area contributed by atoms with Gasteiger partial charge in [0.05, 0.1) is 30.5 Å².